The van der Waals surface area contributed by atoms with Crippen molar-refractivity contribution in [3.8, 4) is 11.4 Å². The van der Waals surface area contributed by atoms with Crippen LogP contribution in [0.5, 0.6) is 0 Å². The zero-order chi connectivity index (χ0) is 21.0. The third-order valence-electron chi connectivity index (χ3n) is 4.07. The lowest BCUT2D eigenvalue weighted by Gasteiger charge is -2.14. The summed E-state index contributed by atoms with van der Waals surface area (Å²) in [6.07, 6.45) is 0. The molecule has 0 N–H and O–H groups in total. The molecular formula is C19H19N3O6S. The lowest BCUT2D eigenvalue weighted by atomic mass is 10.1. The van der Waals surface area contributed by atoms with E-state index in [2.05, 4.69) is 10.1 Å². The van der Waals surface area contributed by atoms with Gasteiger partial charge in [-0.15, -0.1) is 0 Å². The number of nitrogens with zero attached hydrogens (tertiary/aromatic N) is 3. The lowest BCUT2D eigenvalue weighted by molar-refractivity contribution is -0.0258. The number of benzene rings is 2. The molecule has 0 bridgehead atoms. The second kappa shape index (κ2) is 8.52. The maximum atomic E-state index is 12.3. The van der Waals surface area contributed by atoms with E-state index in [0.29, 0.717) is 10.3 Å². The van der Waals surface area contributed by atoms with Crippen molar-refractivity contribution >= 4 is 16.0 Å². The number of hydrogen-bond acceptors (Lipinski definition) is 8. The summed E-state index contributed by atoms with van der Waals surface area (Å²) in [7, 11) is -1.40. The van der Waals surface area contributed by atoms with Crippen molar-refractivity contribution in [3.63, 3.8) is 0 Å². The fourth-order valence-corrected chi connectivity index (χ4v) is 3.39. The molecule has 0 unspecified atom stereocenters. The van der Waals surface area contributed by atoms with E-state index in [1.165, 1.54) is 38.4 Å². The summed E-state index contributed by atoms with van der Waals surface area (Å²) in [5.74, 6) is -0.222. The third-order valence-corrected chi connectivity index (χ3v) is 5.74. The number of esters is 1. The summed E-state index contributed by atoms with van der Waals surface area (Å²) in [6.45, 7) is 1.73. The van der Waals surface area contributed by atoms with E-state index in [-0.39, 0.29) is 23.0 Å². The van der Waals surface area contributed by atoms with Crippen molar-refractivity contribution < 1.29 is 27.3 Å². The highest BCUT2D eigenvalue weighted by Crippen LogP contribution is 2.18. The van der Waals surface area contributed by atoms with Crippen molar-refractivity contribution in [2.45, 2.75) is 18.4 Å². The van der Waals surface area contributed by atoms with Crippen LogP contribution in [0.2, 0.25) is 0 Å². The average Bonchev–Trinajstić information content (AvgIpc) is 3.21. The highest BCUT2D eigenvalue weighted by Gasteiger charge is 2.22. The minimum absolute atomic E-state index is 0.0638. The molecule has 10 heteroatoms. The summed E-state index contributed by atoms with van der Waals surface area (Å²) in [6, 6.07) is 13.0. The molecule has 29 heavy (non-hydrogen) atoms. The molecule has 0 aliphatic carbocycles. The van der Waals surface area contributed by atoms with E-state index in [0.717, 1.165) is 11.1 Å². The number of hydrogen-bond donors (Lipinski definition) is 0. The fourth-order valence-electron chi connectivity index (χ4n) is 2.37. The summed E-state index contributed by atoms with van der Waals surface area (Å²) in [5, 5.41) is 3.87. The van der Waals surface area contributed by atoms with Gasteiger partial charge in [0.25, 0.3) is 15.9 Å². The zero-order valence-electron chi connectivity index (χ0n) is 16.0. The summed E-state index contributed by atoms with van der Waals surface area (Å²) >= 11 is 0. The largest absolute Gasteiger partial charge is 0.452 e. The molecule has 2 aromatic carbocycles. The van der Waals surface area contributed by atoms with Crippen LogP contribution >= 0.6 is 0 Å². The van der Waals surface area contributed by atoms with Gasteiger partial charge in [-0.25, -0.2) is 13.2 Å². The van der Waals surface area contributed by atoms with Crippen molar-refractivity contribution in [1.82, 2.24) is 14.6 Å². The number of aryl methyl sites for hydroxylation is 1. The second-order valence-corrected chi connectivity index (χ2v) is 8.01. The predicted octanol–water partition coefficient (Wildman–Crippen LogP) is 2.58. The molecule has 152 valence electrons. The Kier molecular flexibility index (Phi) is 6.06. The Morgan fingerprint density at radius 2 is 1.90 bits per heavy atom. The van der Waals surface area contributed by atoms with Crippen LogP contribution in [0, 0.1) is 6.92 Å². The molecule has 0 aliphatic rings. The molecule has 0 atom stereocenters. The van der Waals surface area contributed by atoms with E-state index in [4.69, 9.17) is 14.1 Å². The third kappa shape index (κ3) is 4.67. The van der Waals surface area contributed by atoms with Crippen LogP contribution in [-0.4, -0.2) is 43.2 Å². The topological polar surface area (TPSA) is 112 Å². The number of carbonyl (C=O) groups is 1. The van der Waals surface area contributed by atoms with Crippen molar-refractivity contribution in [2.75, 3.05) is 14.2 Å². The van der Waals surface area contributed by atoms with E-state index >= 15 is 0 Å². The second-order valence-electron chi connectivity index (χ2n) is 6.08. The van der Waals surface area contributed by atoms with Gasteiger partial charge < -0.3 is 9.26 Å². The minimum atomic E-state index is -3.88. The first kappa shape index (κ1) is 20.6. The molecule has 0 saturated heterocycles. The smallest absolute Gasteiger partial charge is 0.338 e. The quantitative estimate of drug-likeness (QED) is 0.426. The van der Waals surface area contributed by atoms with Gasteiger partial charge in [-0.1, -0.05) is 45.5 Å². The maximum absolute atomic E-state index is 12.3. The van der Waals surface area contributed by atoms with E-state index < -0.39 is 16.0 Å². The maximum Gasteiger partial charge on any atom is 0.338 e. The van der Waals surface area contributed by atoms with Gasteiger partial charge in [0, 0.05) is 12.6 Å². The molecule has 9 nitrogen and oxygen atoms in total. The van der Waals surface area contributed by atoms with Gasteiger partial charge >= 0.3 is 5.97 Å². The zero-order valence-corrected chi connectivity index (χ0v) is 16.8. The van der Waals surface area contributed by atoms with Gasteiger partial charge in [-0.3, -0.25) is 4.84 Å². The number of ether oxygens (including phenoxy) is 1. The van der Waals surface area contributed by atoms with E-state index in [9.17, 15) is 13.2 Å². The van der Waals surface area contributed by atoms with Crippen LogP contribution in [0.3, 0.4) is 0 Å². The molecule has 1 heterocycles. The van der Waals surface area contributed by atoms with Crippen LogP contribution in [0.25, 0.3) is 11.4 Å². The van der Waals surface area contributed by atoms with E-state index in [1.54, 1.807) is 0 Å². The Hall–Kier alpha value is -3.08. The van der Waals surface area contributed by atoms with Gasteiger partial charge in [0.2, 0.25) is 5.82 Å². The molecule has 0 spiro atoms. The standard InChI is InChI=1S/C19H19N3O6S/c1-13-7-9-14(10-8-13)18-20-17(28-21-18)12-27-19(23)15-5-4-6-16(11-15)29(24,25)22(2)26-3/h4-11H,12H2,1-3H3. The Morgan fingerprint density at radius 3 is 2.59 bits per heavy atom. The summed E-state index contributed by atoms with van der Waals surface area (Å²) in [5.41, 5.74) is 1.94. The minimum Gasteiger partial charge on any atom is -0.452 e. The molecule has 3 rings (SSSR count). The fraction of sp³-hybridized carbons (Fsp3) is 0.211. The number of hydroxylamine groups is 1. The molecule has 0 saturated carbocycles. The Morgan fingerprint density at radius 1 is 1.17 bits per heavy atom. The predicted molar refractivity (Wildman–Crippen MR) is 102 cm³/mol. The van der Waals surface area contributed by atoms with Crippen LogP contribution in [0.15, 0.2) is 57.9 Å². The van der Waals surface area contributed by atoms with E-state index in [1.807, 2.05) is 31.2 Å². The highest BCUT2D eigenvalue weighted by molar-refractivity contribution is 7.89. The van der Waals surface area contributed by atoms with Crippen molar-refractivity contribution in [1.29, 1.82) is 0 Å². The monoisotopic (exact) mass is 417 g/mol. The average molecular weight is 417 g/mol. The lowest BCUT2D eigenvalue weighted by Crippen LogP contribution is -2.25. The number of carbonyl (C=O) groups excluding carboxylic acids is 1. The van der Waals surface area contributed by atoms with Crippen LogP contribution in [-0.2, 0) is 26.2 Å². The number of aromatic nitrogens is 2. The van der Waals surface area contributed by atoms with Crippen LogP contribution in [0.1, 0.15) is 21.8 Å². The van der Waals surface area contributed by atoms with Crippen LogP contribution < -0.4 is 0 Å². The van der Waals surface area contributed by atoms with Crippen LogP contribution in [0.4, 0.5) is 0 Å². The van der Waals surface area contributed by atoms with Gasteiger partial charge in [-0.2, -0.15) is 4.98 Å². The molecule has 0 aliphatic heterocycles. The molecule has 3 aromatic rings. The molecule has 1 aromatic heterocycles. The van der Waals surface area contributed by atoms with Gasteiger partial charge in [-0.05, 0) is 25.1 Å². The number of sulfonamides is 1. The Labute approximate surface area is 167 Å². The normalized spacial score (nSPS) is 11.6. The summed E-state index contributed by atoms with van der Waals surface area (Å²) in [4.78, 5) is 21.1. The number of rotatable bonds is 7. The first-order valence-corrected chi connectivity index (χ1v) is 9.95. The van der Waals surface area contributed by atoms with Gasteiger partial charge in [0.15, 0.2) is 6.61 Å². The van der Waals surface area contributed by atoms with Gasteiger partial charge in [0.05, 0.1) is 17.6 Å². The highest BCUT2D eigenvalue weighted by atomic mass is 32.2. The SMILES string of the molecule is CON(C)S(=O)(=O)c1cccc(C(=O)OCc2nc(-c3ccc(C)cc3)no2)c1. The summed E-state index contributed by atoms with van der Waals surface area (Å²) < 4.78 is 35.5. The molecule has 0 fully saturated rings. The first-order valence-electron chi connectivity index (χ1n) is 8.51. The molecular weight excluding hydrogens is 398 g/mol. The Bertz CT molecular complexity index is 1110. The molecule has 0 amide bonds. The first-order chi connectivity index (χ1) is 13.8. The Balaban J connectivity index is 1.69. The molecule has 0 radical (unpaired) electrons. The van der Waals surface area contributed by atoms with Gasteiger partial charge in [0.1, 0.15) is 0 Å². The van der Waals surface area contributed by atoms with Crippen molar-refractivity contribution in [2.24, 2.45) is 0 Å². The van der Waals surface area contributed by atoms with Crippen molar-refractivity contribution in [3.05, 3.63) is 65.5 Å².